The summed E-state index contributed by atoms with van der Waals surface area (Å²) < 4.78 is 30.1. The Bertz CT molecular complexity index is 870. The van der Waals surface area contributed by atoms with Gasteiger partial charge >= 0.3 is 7.82 Å². The van der Waals surface area contributed by atoms with Gasteiger partial charge in [-0.3, -0.25) is 9.32 Å². The molecular formula is C13H13Cl2FN3O5P. The van der Waals surface area contributed by atoms with Crippen LogP contribution in [0.5, 0.6) is 0 Å². The third kappa shape index (κ3) is 4.78. The molecule has 0 aliphatic heterocycles. The summed E-state index contributed by atoms with van der Waals surface area (Å²) >= 11 is 11.7. The molecule has 2 rings (SSSR count). The largest absolute Gasteiger partial charge is 0.471 e. The molecule has 1 unspecified atom stereocenters. The standard InChI is InChI=1S/C13H13Cl2FN3O5P/c1-6-3-4-9(8(16)5-6)17-13(20)11-10(14)12(15)18-19(11)7(2)24-25(21,22)23/h3-5,7H,1-2H3,(H,17,20)(H2,21,22,23). The summed E-state index contributed by atoms with van der Waals surface area (Å²) in [4.78, 5) is 30.2. The van der Waals surface area contributed by atoms with Crippen molar-refractivity contribution in [2.24, 2.45) is 0 Å². The highest BCUT2D eigenvalue weighted by atomic mass is 35.5. The number of benzene rings is 1. The van der Waals surface area contributed by atoms with Gasteiger partial charge in [0.05, 0.1) is 5.69 Å². The summed E-state index contributed by atoms with van der Waals surface area (Å²) in [7, 11) is -4.86. The van der Waals surface area contributed by atoms with E-state index in [1.165, 1.54) is 19.1 Å². The zero-order valence-corrected chi connectivity index (χ0v) is 15.3. The van der Waals surface area contributed by atoms with Crippen LogP contribution in [0, 0.1) is 12.7 Å². The normalized spacial score (nSPS) is 12.9. The van der Waals surface area contributed by atoms with E-state index in [-0.39, 0.29) is 21.6 Å². The SMILES string of the molecule is Cc1ccc(NC(=O)c2c(Cl)c(Cl)nn2C(C)OP(=O)(O)O)c(F)c1. The molecule has 136 valence electrons. The van der Waals surface area contributed by atoms with Crippen LogP contribution in [0.25, 0.3) is 0 Å². The first kappa shape index (κ1) is 19.8. The molecule has 0 bridgehead atoms. The lowest BCUT2D eigenvalue weighted by Crippen LogP contribution is -2.21. The first-order chi connectivity index (χ1) is 11.5. The van der Waals surface area contributed by atoms with E-state index in [1.807, 2.05) is 0 Å². The number of nitrogens with zero attached hydrogens (tertiary/aromatic N) is 2. The number of halogens is 3. The summed E-state index contributed by atoms with van der Waals surface area (Å²) in [5.74, 6) is -1.55. The highest BCUT2D eigenvalue weighted by Gasteiger charge is 2.29. The Hall–Kier alpha value is -1.48. The van der Waals surface area contributed by atoms with Crippen molar-refractivity contribution in [2.45, 2.75) is 20.1 Å². The Morgan fingerprint density at radius 1 is 1.44 bits per heavy atom. The molecule has 0 saturated carbocycles. The number of hydrogen-bond acceptors (Lipinski definition) is 4. The minimum absolute atomic E-state index is 0.112. The van der Waals surface area contributed by atoms with Crippen LogP contribution in [-0.4, -0.2) is 25.5 Å². The summed E-state index contributed by atoms with van der Waals surface area (Å²) in [5, 5.41) is 5.47. The summed E-state index contributed by atoms with van der Waals surface area (Å²) in [6.45, 7) is 2.91. The monoisotopic (exact) mass is 411 g/mol. The fraction of sp³-hybridized carbons (Fsp3) is 0.231. The van der Waals surface area contributed by atoms with Crippen LogP contribution >= 0.6 is 31.0 Å². The molecule has 1 aromatic carbocycles. The smallest absolute Gasteiger partial charge is 0.318 e. The first-order valence-corrected chi connectivity index (χ1v) is 9.03. The van der Waals surface area contributed by atoms with E-state index in [0.29, 0.717) is 5.56 Å². The Kier molecular flexibility index (Phi) is 5.88. The van der Waals surface area contributed by atoms with Crippen LogP contribution in [0.4, 0.5) is 10.1 Å². The topological polar surface area (TPSA) is 114 Å². The van der Waals surface area contributed by atoms with E-state index in [4.69, 9.17) is 33.0 Å². The Balaban J connectivity index is 2.37. The van der Waals surface area contributed by atoms with Crippen LogP contribution in [0.3, 0.4) is 0 Å². The molecule has 1 amide bonds. The molecule has 3 N–H and O–H groups in total. The molecule has 1 heterocycles. The molecule has 25 heavy (non-hydrogen) atoms. The zero-order valence-electron chi connectivity index (χ0n) is 12.9. The van der Waals surface area contributed by atoms with Gasteiger partial charge in [0.15, 0.2) is 11.4 Å². The van der Waals surface area contributed by atoms with Crippen LogP contribution in [0.15, 0.2) is 18.2 Å². The molecule has 8 nitrogen and oxygen atoms in total. The third-order valence-corrected chi connectivity index (χ3v) is 4.33. The van der Waals surface area contributed by atoms with Crippen molar-refractivity contribution in [1.29, 1.82) is 0 Å². The minimum Gasteiger partial charge on any atom is -0.318 e. The van der Waals surface area contributed by atoms with Crippen molar-refractivity contribution in [2.75, 3.05) is 5.32 Å². The van der Waals surface area contributed by atoms with Crippen molar-refractivity contribution in [3.8, 4) is 0 Å². The maximum atomic E-state index is 13.9. The molecular weight excluding hydrogens is 399 g/mol. The Morgan fingerprint density at radius 2 is 2.08 bits per heavy atom. The number of carbonyl (C=O) groups excluding carboxylic acids is 1. The van der Waals surface area contributed by atoms with Gasteiger partial charge in [-0.25, -0.2) is 13.6 Å². The van der Waals surface area contributed by atoms with Gasteiger partial charge in [0.25, 0.3) is 5.91 Å². The van der Waals surface area contributed by atoms with Gasteiger partial charge in [-0.2, -0.15) is 5.10 Å². The number of aryl methyl sites for hydroxylation is 1. The lowest BCUT2D eigenvalue weighted by atomic mass is 10.2. The predicted octanol–water partition coefficient (Wildman–Crippen LogP) is 3.52. The number of hydrogen-bond donors (Lipinski definition) is 3. The maximum absolute atomic E-state index is 13.9. The summed E-state index contributed by atoms with van der Waals surface area (Å²) in [6, 6.07) is 4.17. The van der Waals surface area contributed by atoms with Gasteiger partial charge in [0.1, 0.15) is 16.5 Å². The number of anilines is 1. The molecule has 0 saturated heterocycles. The van der Waals surface area contributed by atoms with Crippen molar-refractivity contribution in [3.63, 3.8) is 0 Å². The van der Waals surface area contributed by atoms with Gasteiger partial charge < -0.3 is 15.1 Å². The van der Waals surface area contributed by atoms with Gasteiger partial charge in [-0.05, 0) is 31.5 Å². The molecule has 0 aliphatic carbocycles. The second kappa shape index (κ2) is 7.41. The number of rotatable bonds is 5. The second-order valence-corrected chi connectivity index (χ2v) is 6.96. The van der Waals surface area contributed by atoms with Crippen LogP contribution in [0.1, 0.15) is 29.2 Å². The zero-order chi connectivity index (χ0) is 18.9. The van der Waals surface area contributed by atoms with E-state index < -0.39 is 25.8 Å². The number of phosphoric ester groups is 1. The molecule has 1 aromatic heterocycles. The van der Waals surface area contributed by atoms with Crippen molar-refractivity contribution < 1.29 is 28.1 Å². The number of nitrogens with one attached hydrogen (secondary N) is 1. The molecule has 0 fully saturated rings. The molecule has 12 heteroatoms. The van der Waals surface area contributed by atoms with E-state index >= 15 is 0 Å². The molecule has 0 aliphatic rings. The number of carbonyl (C=O) groups is 1. The highest BCUT2D eigenvalue weighted by Crippen LogP contribution is 2.41. The molecule has 2 aromatic rings. The highest BCUT2D eigenvalue weighted by molar-refractivity contribution is 7.46. The Morgan fingerprint density at radius 3 is 2.64 bits per heavy atom. The fourth-order valence-electron chi connectivity index (χ4n) is 2.00. The van der Waals surface area contributed by atoms with E-state index in [9.17, 15) is 13.8 Å². The maximum Gasteiger partial charge on any atom is 0.471 e. The third-order valence-electron chi connectivity index (χ3n) is 3.04. The second-order valence-electron chi connectivity index (χ2n) is 5.03. The number of amides is 1. The van der Waals surface area contributed by atoms with Gasteiger partial charge in [0, 0.05) is 0 Å². The predicted molar refractivity (Wildman–Crippen MR) is 89.2 cm³/mol. The van der Waals surface area contributed by atoms with E-state index in [0.717, 1.165) is 4.68 Å². The van der Waals surface area contributed by atoms with Gasteiger partial charge in [-0.1, -0.05) is 29.3 Å². The average molecular weight is 412 g/mol. The average Bonchev–Trinajstić information content (AvgIpc) is 2.76. The fourth-order valence-corrected chi connectivity index (χ4v) is 2.87. The lowest BCUT2D eigenvalue weighted by Gasteiger charge is -2.16. The quantitative estimate of drug-likeness (QED) is 0.648. The molecule has 0 spiro atoms. The first-order valence-electron chi connectivity index (χ1n) is 6.74. The molecule has 0 radical (unpaired) electrons. The minimum atomic E-state index is -4.86. The summed E-state index contributed by atoms with van der Waals surface area (Å²) in [6.07, 6.45) is -1.37. The van der Waals surface area contributed by atoms with Crippen molar-refractivity contribution in [3.05, 3.63) is 45.4 Å². The van der Waals surface area contributed by atoms with Crippen molar-refractivity contribution in [1.82, 2.24) is 9.78 Å². The van der Waals surface area contributed by atoms with Crippen LogP contribution < -0.4 is 5.32 Å². The van der Waals surface area contributed by atoms with Gasteiger partial charge in [0.2, 0.25) is 0 Å². The number of aromatic nitrogens is 2. The van der Waals surface area contributed by atoms with Crippen LogP contribution in [0.2, 0.25) is 10.2 Å². The Labute approximate surface area is 151 Å². The summed E-state index contributed by atoms with van der Waals surface area (Å²) in [5.41, 5.74) is 0.206. The van der Waals surface area contributed by atoms with E-state index in [1.54, 1.807) is 13.0 Å². The number of phosphoric acid groups is 1. The lowest BCUT2D eigenvalue weighted by molar-refractivity contribution is 0.0804. The van der Waals surface area contributed by atoms with Gasteiger partial charge in [-0.15, -0.1) is 0 Å². The van der Waals surface area contributed by atoms with Crippen molar-refractivity contribution >= 4 is 42.6 Å². The molecule has 1 atom stereocenters. The van der Waals surface area contributed by atoms with Crippen LogP contribution in [-0.2, 0) is 9.09 Å². The van der Waals surface area contributed by atoms with E-state index in [2.05, 4.69) is 14.9 Å².